The summed E-state index contributed by atoms with van der Waals surface area (Å²) in [5.74, 6) is -1.15. The van der Waals surface area contributed by atoms with E-state index in [1.54, 1.807) is 11.8 Å². The van der Waals surface area contributed by atoms with Crippen LogP contribution in [0, 0.1) is 5.41 Å². The van der Waals surface area contributed by atoms with Crippen molar-refractivity contribution < 1.29 is 14.4 Å². The lowest BCUT2D eigenvalue weighted by Gasteiger charge is -2.29. The van der Waals surface area contributed by atoms with Gasteiger partial charge in [0, 0.05) is 18.8 Å². The highest BCUT2D eigenvalue weighted by Gasteiger charge is 2.37. The Balaban J connectivity index is 1.96. The van der Waals surface area contributed by atoms with Crippen LogP contribution in [-0.4, -0.2) is 65.6 Å². The molecule has 1 aliphatic heterocycles. The number of guanidine groups is 1. The number of anilines is 1. The van der Waals surface area contributed by atoms with Crippen molar-refractivity contribution in [2.75, 3.05) is 24.3 Å². The number of carbonyl (C=O) groups is 3. The molecule has 0 bridgehead atoms. The van der Waals surface area contributed by atoms with E-state index < -0.39 is 18.1 Å². The van der Waals surface area contributed by atoms with E-state index >= 15 is 0 Å². The van der Waals surface area contributed by atoms with Crippen molar-refractivity contribution in [2.45, 2.75) is 50.7 Å². The number of alkyl halides is 1. The van der Waals surface area contributed by atoms with Gasteiger partial charge in [-0.2, -0.15) is 0 Å². The second-order valence-corrected chi connectivity index (χ2v) is 7.83. The second-order valence-electron chi connectivity index (χ2n) is 7.57. The summed E-state index contributed by atoms with van der Waals surface area (Å²) in [6, 6.07) is 7.56. The fraction of sp³-hybridized carbons (Fsp3) is 0.524. The van der Waals surface area contributed by atoms with E-state index in [2.05, 4.69) is 16.0 Å². The predicted octanol–water partition coefficient (Wildman–Crippen LogP) is 1.03. The molecule has 0 radical (unpaired) electrons. The number of ketones is 1. The maximum Gasteiger partial charge on any atom is 0.245 e. The zero-order valence-electron chi connectivity index (χ0n) is 17.7. The third-order valence-corrected chi connectivity index (χ3v) is 5.45. The minimum absolute atomic E-state index is 0.150. The van der Waals surface area contributed by atoms with Gasteiger partial charge in [-0.05, 0) is 44.7 Å². The van der Waals surface area contributed by atoms with E-state index in [4.69, 9.17) is 22.7 Å². The van der Waals surface area contributed by atoms with Crippen molar-refractivity contribution in [3.8, 4) is 0 Å². The maximum absolute atomic E-state index is 13.0. The average molecular weight is 451 g/mol. The van der Waals surface area contributed by atoms with Crippen molar-refractivity contribution >= 4 is 40.8 Å². The first kappa shape index (κ1) is 24.5. The van der Waals surface area contributed by atoms with Gasteiger partial charge in [-0.15, -0.1) is 11.6 Å². The molecule has 0 aromatic heterocycles. The van der Waals surface area contributed by atoms with E-state index in [0.29, 0.717) is 32.4 Å². The fourth-order valence-corrected chi connectivity index (χ4v) is 3.79. The molecule has 170 valence electrons. The Morgan fingerprint density at radius 3 is 2.65 bits per heavy atom. The number of nitrogens with zero attached hydrogens (tertiary/aromatic N) is 1. The number of halogens is 1. The van der Waals surface area contributed by atoms with Gasteiger partial charge in [0.25, 0.3) is 0 Å². The number of benzene rings is 1. The molecule has 0 unspecified atom stereocenters. The first-order valence-electron chi connectivity index (χ1n) is 10.4. The Kier molecular flexibility index (Phi) is 9.58. The summed E-state index contributed by atoms with van der Waals surface area (Å²) in [5, 5.41) is 15.8. The summed E-state index contributed by atoms with van der Waals surface area (Å²) < 4.78 is 0. The number of nitrogens with one attached hydrogen (secondary N) is 4. The maximum atomic E-state index is 13.0. The summed E-state index contributed by atoms with van der Waals surface area (Å²) in [5.41, 5.74) is 6.08. The van der Waals surface area contributed by atoms with Crippen LogP contribution >= 0.6 is 11.6 Å². The van der Waals surface area contributed by atoms with Crippen molar-refractivity contribution in [1.29, 1.82) is 5.41 Å². The normalized spacial score (nSPS) is 17.5. The standard InChI is InChI=1S/C21H31ClN6O3/c1-14(26-15-7-3-2-4-8-15)20(31)28-12-6-10-17(28)19(30)27-16(18(29)13-22)9-5-11-25-21(23)24/h2-4,7-8,14,16-17,26H,5-6,9-13H2,1H3,(H,27,30)(H4,23,24,25)/t14-,16+,17+/m1/s1. The van der Waals surface area contributed by atoms with Gasteiger partial charge in [0.2, 0.25) is 11.8 Å². The quantitative estimate of drug-likeness (QED) is 0.148. The second kappa shape index (κ2) is 12.1. The zero-order valence-corrected chi connectivity index (χ0v) is 18.5. The molecule has 1 aliphatic rings. The highest BCUT2D eigenvalue weighted by molar-refractivity contribution is 6.28. The Hall–Kier alpha value is -2.81. The van der Waals surface area contributed by atoms with Gasteiger partial charge in [0.15, 0.2) is 11.7 Å². The van der Waals surface area contributed by atoms with Crippen molar-refractivity contribution in [3.05, 3.63) is 30.3 Å². The summed E-state index contributed by atoms with van der Waals surface area (Å²) in [4.78, 5) is 39.7. The van der Waals surface area contributed by atoms with Crippen LogP contribution in [0.3, 0.4) is 0 Å². The van der Waals surface area contributed by atoms with E-state index in [9.17, 15) is 14.4 Å². The lowest BCUT2D eigenvalue weighted by molar-refractivity contribution is -0.139. The molecule has 1 fully saturated rings. The molecule has 1 heterocycles. The van der Waals surface area contributed by atoms with Crippen LogP contribution in [-0.2, 0) is 14.4 Å². The lowest BCUT2D eigenvalue weighted by atomic mass is 10.1. The third-order valence-electron chi connectivity index (χ3n) is 5.19. The smallest absolute Gasteiger partial charge is 0.245 e. The molecule has 9 nitrogen and oxygen atoms in total. The topological polar surface area (TPSA) is 140 Å². The van der Waals surface area contributed by atoms with Gasteiger partial charge in [0.05, 0.1) is 11.9 Å². The Bertz CT molecular complexity index is 776. The molecule has 10 heteroatoms. The molecule has 6 N–H and O–H groups in total. The third kappa shape index (κ3) is 7.43. The number of carbonyl (C=O) groups excluding carboxylic acids is 3. The molecule has 2 amide bonds. The van der Waals surface area contributed by atoms with Gasteiger partial charge in [-0.25, -0.2) is 0 Å². The predicted molar refractivity (Wildman–Crippen MR) is 121 cm³/mol. The summed E-state index contributed by atoms with van der Waals surface area (Å²) in [6.07, 6.45) is 2.16. The Labute approximate surface area is 187 Å². The summed E-state index contributed by atoms with van der Waals surface area (Å²) >= 11 is 5.71. The van der Waals surface area contributed by atoms with Crippen LogP contribution in [0.2, 0.25) is 0 Å². The molecule has 0 spiro atoms. The molecular weight excluding hydrogens is 420 g/mol. The fourth-order valence-electron chi connectivity index (χ4n) is 3.60. The van der Waals surface area contributed by atoms with Crippen LogP contribution in [0.15, 0.2) is 30.3 Å². The molecule has 3 atom stereocenters. The van der Waals surface area contributed by atoms with E-state index in [-0.39, 0.29) is 29.4 Å². The van der Waals surface area contributed by atoms with Gasteiger partial charge >= 0.3 is 0 Å². The number of para-hydroxylation sites is 1. The molecule has 31 heavy (non-hydrogen) atoms. The van der Waals surface area contributed by atoms with Crippen molar-refractivity contribution in [3.63, 3.8) is 0 Å². The van der Waals surface area contributed by atoms with Gasteiger partial charge in [0.1, 0.15) is 12.1 Å². The first-order chi connectivity index (χ1) is 14.8. The average Bonchev–Trinajstić information content (AvgIpc) is 3.25. The van der Waals surface area contributed by atoms with Crippen LogP contribution in [0.4, 0.5) is 5.69 Å². The van der Waals surface area contributed by atoms with E-state index in [0.717, 1.165) is 12.1 Å². The molecule has 1 aromatic carbocycles. The minimum atomic E-state index is -0.740. The number of Topliss-reactive ketones (excluding diaryl/α,β-unsaturated/α-hetero) is 1. The molecule has 1 aromatic rings. The lowest BCUT2D eigenvalue weighted by Crippen LogP contribution is -2.53. The monoisotopic (exact) mass is 450 g/mol. The molecule has 0 saturated carbocycles. The molecule has 2 rings (SSSR count). The van der Waals surface area contributed by atoms with Crippen LogP contribution in [0.5, 0.6) is 0 Å². The largest absolute Gasteiger partial charge is 0.374 e. The molecule has 0 aliphatic carbocycles. The van der Waals surface area contributed by atoms with Gasteiger partial charge in [-0.3, -0.25) is 19.8 Å². The SMILES string of the molecule is C[C@@H](Nc1ccccc1)C(=O)N1CCC[C@H]1C(=O)N[C@@H](CCCNC(=N)N)C(=O)CCl. The first-order valence-corrected chi connectivity index (χ1v) is 11.0. The van der Waals surface area contributed by atoms with E-state index in [1.165, 1.54) is 0 Å². The van der Waals surface area contributed by atoms with E-state index in [1.807, 2.05) is 30.3 Å². The number of hydrogen-bond acceptors (Lipinski definition) is 5. The number of likely N-dealkylation sites (tertiary alicyclic amines) is 1. The number of nitrogens with two attached hydrogens (primary N) is 1. The molecular formula is C21H31ClN6O3. The van der Waals surface area contributed by atoms with Crippen LogP contribution in [0.25, 0.3) is 0 Å². The zero-order chi connectivity index (χ0) is 22.8. The van der Waals surface area contributed by atoms with Crippen LogP contribution < -0.4 is 21.7 Å². The van der Waals surface area contributed by atoms with Gasteiger partial charge < -0.3 is 26.6 Å². The Morgan fingerprint density at radius 1 is 1.29 bits per heavy atom. The van der Waals surface area contributed by atoms with Crippen molar-refractivity contribution in [1.82, 2.24) is 15.5 Å². The highest BCUT2D eigenvalue weighted by Crippen LogP contribution is 2.20. The Morgan fingerprint density at radius 2 is 2.00 bits per heavy atom. The number of hydrogen-bond donors (Lipinski definition) is 5. The number of amides is 2. The van der Waals surface area contributed by atoms with Gasteiger partial charge in [-0.1, -0.05) is 18.2 Å². The summed E-state index contributed by atoms with van der Waals surface area (Å²) in [6.45, 7) is 2.67. The molecule has 1 saturated heterocycles. The van der Waals surface area contributed by atoms with Crippen molar-refractivity contribution in [2.24, 2.45) is 5.73 Å². The van der Waals surface area contributed by atoms with Crippen LogP contribution in [0.1, 0.15) is 32.6 Å². The minimum Gasteiger partial charge on any atom is -0.374 e. The highest BCUT2D eigenvalue weighted by atomic mass is 35.5. The number of rotatable bonds is 11. The summed E-state index contributed by atoms with van der Waals surface area (Å²) in [7, 11) is 0.